The van der Waals surface area contributed by atoms with Crippen LogP contribution < -0.4 is 16.0 Å². The van der Waals surface area contributed by atoms with Gasteiger partial charge in [-0.05, 0) is 31.9 Å². The minimum atomic E-state index is -0.593. The Balaban J connectivity index is 2.47. The quantitative estimate of drug-likeness (QED) is 0.240. The van der Waals surface area contributed by atoms with Crippen molar-refractivity contribution < 1.29 is 28.6 Å². The number of hydrogen-bond donors (Lipinski definition) is 3. The lowest BCUT2D eigenvalue weighted by molar-refractivity contribution is 0.0522. The predicted molar refractivity (Wildman–Crippen MR) is 143 cm³/mol. The van der Waals surface area contributed by atoms with Crippen LogP contribution in [-0.2, 0) is 20.8 Å². The number of alkyl carbamates (subject to hydrolysis) is 3. The first-order valence-electron chi connectivity index (χ1n) is 12.1. The zero-order valence-electron chi connectivity index (χ0n) is 22.1. The van der Waals surface area contributed by atoms with E-state index in [1.54, 1.807) is 39.0 Å². The summed E-state index contributed by atoms with van der Waals surface area (Å²) >= 11 is 0. The third-order valence-corrected chi connectivity index (χ3v) is 4.67. The topological polar surface area (TPSA) is 118 Å². The maximum Gasteiger partial charge on any atom is 0.407 e. The number of carbonyl (C=O) groups is 3. The molecule has 1 aromatic carbocycles. The third-order valence-electron chi connectivity index (χ3n) is 4.67. The van der Waals surface area contributed by atoms with Crippen molar-refractivity contribution in [2.75, 3.05) is 45.9 Å². The largest absolute Gasteiger partial charge is 0.445 e. The molecule has 0 bridgehead atoms. The molecular weight excluding hydrogens is 476 g/mol. The lowest BCUT2D eigenvalue weighted by Gasteiger charge is -2.24. The van der Waals surface area contributed by atoms with Gasteiger partial charge in [0.25, 0.3) is 0 Å². The van der Waals surface area contributed by atoms with E-state index in [4.69, 9.17) is 14.2 Å². The predicted octanol–water partition coefficient (Wildman–Crippen LogP) is 3.76. The number of ether oxygens (including phenoxy) is 3. The Bertz CT molecular complexity index is 896. The summed E-state index contributed by atoms with van der Waals surface area (Å²) in [5.41, 5.74) is 1.03. The molecule has 3 N–H and O–H groups in total. The highest BCUT2D eigenvalue weighted by molar-refractivity contribution is 5.68. The highest BCUT2D eigenvalue weighted by Crippen LogP contribution is 2.06. The van der Waals surface area contributed by atoms with Gasteiger partial charge in [-0.3, -0.25) is 4.90 Å². The molecule has 3 amide bonds. The van der Waals surface area contributed by atoms with E-state index in [-0.39, 0.29) is 13.2 Å². The van der Waals surface area contributed by atoms with Crippen LogP contribution in [-0.4, -0.2) is 74.7 Å². The van der Waals surface area contributed by atoms with E-state index in [9.17, 15) is 14.4 Å². The lowest BCUT2D eigenvalue weighted by Crippen LogP contribution is -2.43. The van der Waals surface area contributed by atoms with Gasteiger partial charge in [0, 0.05) is 39.3 Å². The molecule has 0 aliphatic rings. The van der Waals surface area contributed by atoms with E-state index < -0.39 is 23.9 Å². The fraction of sp³-hybridized carbons (Fsp3) is 0.444. The Hall–Kier alpha value is -3.79. The van der Waals surface area contributed by atoms with Gasteiger partial charge in [-0.2, -0.15) is 0 Å². The van der Waals surface area contributed by atoms with Gasteiger partial charge in [0.1, 0.15) is 18.8 Å². The highest BCUT2D eigenvalue weighted by Gasteiger charge is 2.16. The van der Waals surface area contributed by atoms with Crippen molar-refractivity contribution in [3.8, 4) is 0 Å². The van der Waals surface area contributed by atoms with Crippen LogP contribution in [0.1, 0.15) is 26.3 Å². The molecule has 0 unspecified atom stereocenters. The van der Waals surface area contributed by atoms with Gasteiger partial charge < -0.3 is 30.2 Å². The number of hydrogen-bond acceptors (Lipinski definition) is 7. The number of rotatable bonds is 15. The number of amides is 3. The molecule has 0 fully saturated rings. The van der Waals surface area contributed by atoms with Crippen LogP contribution in [0, 0.1) is 0 Å². The molecule has 37 heavy (non-hydrogen) atoms. The van der Waals surface area contributed by atoms with E-state index in [0.29, 0.717) is 39.3 Å². The monoisotopic (exact) mass is 516 g/mol. The summed E-state index contributed by atoms with van der Waals surface area (Å²) in [5, 5.41) is 8.11. The summed E-state index contributed by atoms with van der Waals surface area (Å²) < 4.78 is 15.6. The molecule has 1 aromatic rings. The molecule has 0 saturated heterocycles. The highest BCUT2D eigenvalue weighted by atomic mass is 16.6. The second-order valence-electron chi connectivity index (χ2n) is 8.94. The summed E-state index contributed by atoms with van der Waals surface area (Å²) in [6.07, 6.45) is 3.29. The number of carbonyl (C=O) groups excluding carboxylic acids is 3. The Morgan fingerprint density at radius 3 is 1.92 bits per heavy atom. The molecule has 0 aliphatic heterocycles. The van der Waals surface area contributed by atoms with Crippen LogP contribution in [0.4, 0.5) is 14.4 Å². The lowest BCUT2D eigenvalue weighted by atomic mass is 10.2. The van der Waals surface area contributed by atoms with E-state index >= 15 is 0 Å². The van der Waals surface area contributed by atoms with Gasteiger partial charge in [-0.15, -0.1) is 0 Å². The SMILES string of the molecule is C=CC=C(C=C)COC(=O)NCCN(CCNC(=O)OCc1ccccc1)CCNC(=O)OC(C)(C)C. The molecule has 0 atom stereocenters. The molecule has 1 rings (SSSR count). The van der Waals surface area contributed by atoms with Crippen LogP contribution in [0.25, 0.3) is 0 Å². The number of nitrogens with one attached hydrogen (secondary N) is 3. The summed E-state index contributed by atoms with van der Waals surface area (Å²) in [5.74, 6) is 0. The molecule has 10 heteroatoms. The molecule has 204 valence electrons. The molecular formula is C27H40N4O6. The first-order chi connectivity index (χ1) is 17.6. The van der Waals surface area contributed by atoms with Crippen LogP contribution >= 0.6 is 0 Å². The average molecular weight is 517 g/mol. The molecule has 10 nitrogen and oxygen atoms in total. The molecule has 0 aromatic heterocycles. The summed E-state index contributed by atoms with van der Waals surface area (Å²) in [6.45, 7) is 15.2. The van der Waals surface area contributed by atoms with Gasteiger partial charge in [-0.25, -0.2) is 14.4 Å². The smallest absolute Gasteiger partial charge is 0.407 e. The molecule has 0 saturated carbocycles. The number of allylic oxidation sites excluding steroid dienone is 2. The first kappa shape index (κ1) is 31.2. The normalized spacial score (nSPS) is 11.3. The van der Waals surface area contributed by atoms with Crippen molar-refractivity contribution in [2.45, 2.75) is 33.0 Å². The van der Waals surface area contributed by atoms with E-state index in [0.717, 1.165) is 11.1 Å². The van der Waals surface area contributed by atoms with E-state index in [1.165, 1.54) is 0 Å². The van der Waals surface area contributed by atoms with E-state index in [1.807, 2.05) is 35.2 Å². The Kier molecular flexibility index (Phi) is 14.9. The van der Waals surface area contributed by atoms with Crippen molar-refractivity contribution in [3.05, 3.63) is 72.9 Å². The fourth-order valence-electron chi connectivity index (χ4n) is 2.90. The second kappa shape index (κ2) is 17.6. The third kappa shape index (κ3) is 16.5. The molecule has 0 aliphatic carbocycles. The zero-order valence-corrected chi connectivity index (χ0v) is 22.1. The van der Waals surface area contributed by atoms with Gasteiger partial charge in [0.2, 0.25) is 0 Å². The zero-order chi connectivity index (χ0) is 27.5. The van der Waals surface area contributed by atoms with Crippen molar-refractivity contribution in [2.24, 2.45) is 0 Å². The van der Waals surface area contributed by atoms with Gasteiger partial charge in [-0.1, -0.05) is 61.7 Å². The molecule has 0 heterocycles. The van der Waals surface area contributed by atoms with E-state index in [2.05, 4.69) is 29.1 Å². The summed E-state index contributed by atoms with van der Waals surface area (Å²) in [4.78, 5) is 37.9. The Labute approximate surface area is 219 Å². The van der Waals surface area contributed by atoms with Gasteiger partial charge in [0.05, 0.1) is 0 Å². The second-order valence-corrected chi connectivity index (χ2v) is 8.94. The standard InChI is InChI=1S/C27H40N4O6/c1-6-11-22(7-2)20-35-24(32)28-14-17-31(19-16-30-26(34)37-27(3,4)5)18-15-29-25(33)36-21-23-12-9-8-10-13-23/h6-13H,1-2,14-21H2,3-5H3,(H,28,32)(H,29,33)(H,30,34). The summed E-state index contributed by atoms with van der Waals surface area (Å²) in [7, 11) is 0. The Morgan fingerprint density at radius 1 is 0.865 bits per heavy atom. The van der Waals surface area contributed by atoms with Crippen LogP contribution in [0.3, 0.4) is 0 Å². The minimum absolute atomic E-state index is 0.0832. The van der Waals surface area contributed by atoms with Crippen molar-refractivity contribution in [3.63, 3.8) is 0 Å². The maximum absolute atomic E-state index is 12.0. The number of benzene rings is 1. The maximum atomic E-state index is 12.0. The number of nitrogens with zero attached hydrogens (tertiary/aromatic N) is 1. The van der Waals surface area contributed by atoms with Crippen LogP contribution in [0.5, 0.6) is 0 Å². The average Bonchev–Trinajstić information content (AvgIpc) is 2.84. The molecule has 0 spiro atoms. The minimum Gasteiger partial charge on any atom is -0.445 e. The van der Waals surface area contributed by atoms with Crippen molar-refractivity contribution in [1.82, 2.24) is 20.9 Å². The van der Waals surface area contributed by atoms with Gasteiger partial charge >= 0.3 is 18.3 Å². The molecule has 0 radical (unpaired) electrons. The van der Waals surface area contributed by atoms with Gasteiger partial charge in [0.15, 0.2) is 0 Å². The van der Waals surface area contributed by atoms with Crippen LogP contribution in [0.15, 0.2) is 67.3 Å². The Morgan fingerprint density at radius 2 is 1.41 bits per heavy atom. The first-order valence-corrected chi connectivity index (χ1v) is 12.1. The van der Waals surface area contributed by atoms with Crippen molar-refractivity contribution >= 4 is 18.3 Å². The van der Waals surface area contributed by atoms with Crippen molar-refractivity contribution in [1.29, 1.82) is 0 Å². The summed E-state index contributed by atoms with van der Waals surface area (Å²) in [6, 6.07) is 9.39. The van der Waals surface area contributed by atoms with Crippen LogP contribution in [0.2, 0.25) is 0 Å². The fourth-order valence-corrected chi connectivity index (χ4v) is 2.90.